The van der Waals surface area contributed by atoms with E-state index in [2.05, 4.69) is 5.32 Å². The molecule has 0 saturated carbocycles. The molecule has 0 saturated heterocycles. The third kappa shape index (κ3) is 5.68. The van der Waals surface area contributed by atoms with Crippen molar-refractivity contribution in [3.05, 3.63) is 60.2 Å². The van der Waals surface area contributed by atoms with Gasteiger partial charge >= 0.3 is 0 Å². The van der Waals surface area contributed by atoms with Crippen LogP contribution in [0.3, 0.4) is 0 Å². The number of carbonyl (C=O) groups excluding carboxylic acids is 2. The first-order chi connectivity index (χ1) is 12.5. The number of rotatable bonds is 8. The van der Waals surface area contributed by atoms with E-state index in [1.54, 1.807) is 24.1 Å². The zero-order valence-electron chi connectivity index (χ0n) is 15.1. The van der Waals surface area contributed by atoms with Crippen molar-refractivity contribution < 1.29 is 14.3 Å². The van der Waals surface area contributed by atoms with Crippen LogP contribution in [0.4, 0.5) is 11.4 Å². The van der Waals surface area contributed by atoms with E-state index in [0.29, 0.717) is 18.7 Å². The normalized spacial score (nSPS) is 11.7. The van der Waals surface area contributed by atoms with Crippen LogP contribution in [-0.4, -0.2) is 38.6 Å². The molecule has 3 N–H and O–H groups in total. The van der Waals surface area contributed by atoms with Crippen molar-refractivity contribution in [1.82, 2.24) is 0 Å². The second kappa shape index (κ2) is 9.70. The molecule has 6 heteroatoms. The molecule has 2 aromatic rings. The predicted octanol–water partition coefficient (Wildman–Crippen LogP) is 2.19. The number of anilines is 2. The lowest BCUT2D eigenvalue weighted by Gasteiger charge is -2.17. The highest BCUT2D eigenvalue weighted by Crippen LogP contribution is 2.15. The minimum Gasteiger partial charge on any atom is -0.380 e. The Kier molecular flexibility index (Phi) is 7.32. The fourth-order valence-electron chi connectivity index (χ4n) is 2.48. The lowest BCUT2D eigenvalue weighted by Crippen LogP contribution is -2.28. The first kappa shape index (κ1) is 19.6. The van der Waals surface area contributed by atoms with Gasteiger partial charge in [0.1, 0.15) is 0 Å². The van der Waals surface area contributed by atoms with Crippen molar-refractivity contribution in [2.24, 2.45) is 5.73 Å². The third-order valence-corrected chi connectivity index (χ3v) is 4.12. The number of methoxy groups -OCH3 is 1. The van der Waals surface area contributed by atoms with Crippen LogP contribution in [0.2, 0.25) is 0 Å². The highest BCUT2D eigenvalue weighted by atomic mass is 16.5. The lowest BCUT2D eigenvalue weighted by atomic mass is 10.1. The number of carbonyl (C=O) groups is 2. The minimum atomic E-state index is -0.291. The van der Waals surface area contributed by atoms with Crippen LogP contribution in [0, 0.1) is 0 Å². The quantitative estimate of drug-likeness (QED) is 0.760. The van der Waals surface area contributed by atoms with Gasteiger partial charge < -0.3 is 20.7 Å². The molecule has 0 aromatic heterocycles. The largest absolute Gasteiger partial charge is 0.380 e. The molecule has 0 radical (unpaired) electrons. The van der Waals surface area contributed by atoms with E-state index >= 15 is 0 Å². The number of likely N-dealkylation sites (N-methyl/N-ethyl adjacent to an activating group) is 1. The van der Waals surface area contributed by atoms with Gasteiger partial charge in [-0.05, 0) is 29.8 Å². The molecule has 138 valence electrons. The van der Waals surface area contributed by atoms with Crippen LogP contribution in [0.15, 0.2) is 54.6 Å². The second-order valence-electron chi connectivity index (χ2n) is 6.01. The molecule has 6 nitrogen and oxygen atoms in total. The average molecular weight is 355 g/mol. The Morgan fingerprint density at radius 3 is 2.35 bits per heavy atom. The average Bonchev–Trinajstić information content (AvgIpc) is 2.67. The van der Waals surface area contributed by atoms with E-state index in [4.69, 9.17) is 10.5 Å². The number of nitrogens with two attached hydrogens (primary N) is 1. The summed E-state index contributed by atoms with van der Waals surface area (Å²) in [6.45, 7) is 0.292. The Labute approximate surface area is 153 Å². The summed E-state index contributed by atoms with van der Waals surface area (Å²) in [5.41, 5.74) is 7.93. The zero-order valence-corrected chi connectivity index (χ0v) is 15.1. The van der Waals surface area contributed by atoms with Crippen LogP contribution < -0.4 is 16.0 Å². The van der Waals surface area contributed by atoms with Crippen LogP contribution in [0.25, 0.3) is 0 Å². The fourth-order valence-corrected chi connectivity index (χ4v) is 2.48. The number of benzene rings is 2. The lowest BCUT2D eigenvalue weighted by molar-refractivity contribution is -0.119. The summed E-state index contributed by atoms with van der Waals surface area (Å²) in [6, 6.07) is 16.7. The van der Waals surface area contributed by atoms with Gasteiger partial charge in [0.25, 0.3) is 0 Å². The first-order valence-electron chi connectivity index (χ1n) is 8.46. The Morgan fingerprint density at radius 1 is 1.12 bits per heavy atom. The number of hydrogen-bond acceptors (Lipinski definition) is 4. The highest BCUT2D eigenvalue weighted by molar-refractivity contribution is 5.94. The molecule has 0 heterocycles. The standard InChI is InChI=1S/C20H25N3O3/c1-23(17-6-4-3-5-7-17)20(25)12-15-8-10-16(11-9-15)22-19(24)13-18(14-21)26-2/h3-11,18H,12-14,21H2,1-2H3,(H,22,24). The van der Waals surface area contributed by atoms with Crippen molar-refractivity contribution in [2.75, 3.05) is 30.9 Å². The Balaban J connectivity index is 1.91. The molecule has 2 amide bonds. The van der Waals surface area contributed by atoms with Crippen LogP contribution in [-0.2, 0) is 20.7 Å². The summed E-state index contributed by atoms with van der Waals surface area (Å²) in [5, 5.41) is 2.80. The number of nitrogens with zero attached hydrogens (tertiary/aromatic N) is 1. The van der Waals surface area contributed by atoms with Crippen molar-refractivity contribution >= 4 is 23.2 Å². The molecule has 2 aromatic carbocycles. The molecular formula is C20H25N3O3. The van der Waals surface area contributed by atoms with E-state index in [9.17, 15) is 9.59 Å². The highest BCUT2D eigenvalue weighted by Gasteiger charge is 2.13. The summed E-state index contributed by atoms with van der Waals surface area (Å²) < 4.78 is 5.10. The van der Waals surface area contributed by atoms with Gasteiger partial charge in [0.15, 0.2) is 0 Å². The Bertz CT molecular complexity index is 713. The summed E-state index contributed by atoms with van der Waals surface area (Å²) in [7, 11) is 3.29. The maximum atomic E-state index is 12.4. The van der Waals surface area contributed by atoms with Gasteiger partial charge in [-0.1, -0.05) is 30.3 Å². The van der Waals surface area contributed by atoms with Crippen molar-refractivity contribution in [1.29, 1.82) is 0 Å². The van der Waals surface area contributed by atoms with Gasteiger partial charge in [0.05, 0.1) is 18.9 Å². The maximum Gasteiger partial charge on any atom is 0.231 e. The number of hydrogen-bond donors (Lipinski definition) is 2. The molecule has 0 spiro atoms. The summed E-state index contributed by atoms with van der Waals surface area (Å²) >= 11 is 0. The molecule has 1 atom stereocenters. The minimum absolute atomic E-state index is 0.00105. The smallest absolute Gasteiger partial charge is 0.231 e. The van der Waals surface area contributed by atoms with E-state index < -0.39 is 0 Å². The topological polar surface area (TPSA) is 84.7 Å². The van der Waals surface area contributed by atoms with Gasteiger partial charge in [-0.25, -0.2) is 0 Å². The van der Waals surface area contributed by atoms with Crippen molar-refractivity contribution in [3.8, 4) is 0 Å². The van der Waals surface area contributed by atoms with Crippen LogP contribution >= 0.6 is 0 Å². The summed E-state index contributed by atoms with van der Waals surface area (Å²) in [6.07, 6.45) is 0.202. The van der Waals surface area contributed by atoms with E-state index in [1.165, 1.54) is 7.11 Å². The number of ether oxygens (including phenoxy) is 1. The molecule has 0 bridgehead atoms. The van der Waals surface area contributed by atoms with Gasteiger partial charge in [-0.2, -0.15) is 0 Å². The van der Waals surface area contributed by atoms with Gasteiger partial charge in [0.2, 0.25) is 11.8 Å². The molecule has 2 rings (SSSR count). The number of nitrogens with one attached hydrogen (secondary N) is 1. The SMILES string of the molecule is COC(CN)CC(=O)Nc1ccc(CC(=O)N(C)c2ccccc2)cc1. The Hall–Kier alpha value is -2.70. The molecule has 0 aliphatic carbocycles. The van der Waals surface area contributed by atoms with Crippen LogP contribution in [0.1, 0.15) is 12.0 Å². The molecule has 0 fully saturated rings. The van der Waals surface area contributed by atoms with Gasteiger partial charge in [0, 0.05) is 32.1 Å². The van der Waals surface area contributed by atoms with Gasteiger partial charge in [-0.3, -0.25) is 9.59 Å². The predicted molar refractivity (Wildman–Crippen MR) is 103 cm³/mol. The summed E-state index contributed by atoms with van der Waals surface area (Å²) in [4.78, 5) is 26.0. The van der Waals surface area contributed by atoms with Crippen molar-refractivity contribution in [3.63, 3.8) is 0 Å². The third-order valence-electron chi connectivity index (χ3n) is 4.12. The van der Waals surface area contributed by atoms with E-state index in [1.807, 2.05) is 42.5 Å². The summed E-state index contributed by atoms with van der Waals surface area (Å²) in [5.74, 6) is -0.159. The maximum absolute atomic E-state index is 12.4. The van der Waals surface area contributed by atoms with Gasteiger partial charge in [-0.15, -0.1) is 0 Å². The molecular weight excluding hydrogens is 330 g/mol. The van der Waals surface area contributed by atoms with E-state index in [-0.39, 0.29) is 24.3 Å². The first-order valence-corrected chi connectivity index (χ1v) is 8.46. The monoisotopic (exact) mass is 355 g/mol. The zero-order chi connectivity index (χ0) is 18.9. The Morgan fingerprint density at radius 2 is 1.77 bits per heavy atom. The number of para-hydroxylation sites is 1. The number of amides is 2. The second-order valence-corrected chi connectivity index (χ2v) is 6.01. The molecule has 26 heavy (non-hydrogen) atoms. The fraction of sp³-hybridized carbons (Fsp3) is 0.300. The molecule has 0 aliphatic rings. The van der Waals surface area contributed by atoms with E-state index in [0.717, 1.165) is 11.3 Å². The molecule has 1 unspecified atom stereocenters. The van der Waals surface area contributed by atoms with Crippen molar-refractivity contribution in [2.45, 2.75) is 18.9 Å². The molecule has 0 aliphatic heterocycles. The van der Waals surface area contributed by atoms with Crippen LogP contribution in [0.5, 0.6) is 0 Å².